The third kappa shape index (κ3) is 4.34. The van der Waals surface area contributed by atoms with E-state index in [1.54, 1.807) is 24.3 Å². The highest BCUT2D eigenvalue weighted by Gasteiger charge is 2.36. The lowest BCUT2D eigenvalue weighted by atomic mass is 10.1. The Morgan fingerprint density at radius 2 is 1.59 bits per heavy atom. The van der Waals surface area contributed by atoms with Crippen molar-refractivity contribution in [3.05, 3.63) is 98.6 Å². The van der Waals surface area contributed by atoms with Crippen LogP contribution in [0.4, 0.5) is 17.1 Å². The number of benzene rings is 3. The predicted octanol–water partition coefficient (Wildman–Crippen LogP) is 3.84. The number of halogens is 1. The number of amides is 3. The number of carbonyl (C=O) groups excluding carboxylic acids is 4. The smallest absolute Gasteiger partial charge is 0.338 e. The molecule has 0 aromatic heterocycles. The molecule has 3 amide bonds. The molecule has 11 heteroatoms. The lowest BCUT2D eigenvalue weighted by molar-refractivity contribution is -0.384. The van der Waals surface area contributed by atoms with E-state index in [1.807, 2.05) is 0 Å². The summed E-state index contributed by atoms with van der Waals surface area (Å²) in [5.41, 5.74) is 0.873. The molecule has 0 aliphatic carbocycles. The Hall–Kier alpha value is -4.57. The number of hydrogen-bond donors (Lipinski definition) is 1. The summed E-state index contributed by atoms with van der Waals surface area (Å²) >= 11 is 5.92. The molecule has 3 aromatic rings. The summed E-state index contributed by atoms with van der Waals surface area (Å²) in [6.45, 7) is -0.633. The fraction of sp³-hybridized carbons (Fsp3) is 0.0435. The number of nitro groups is 1. The van der Waals surface area contributed by atoms with Gasteiger partial charge in [-0.25, -0.2) is 9.69 Å². The Kier molecular flexibility index (Phi) is 6.07. The zero-order chi connectivity index (χ0) is 24.4. The van der Waals surface area contributed by atoms with Gasteiger partial charge in [0.1, 0.15) is 0 Å². The van der Waals surface area contributed by atoms with Crippen LogP contribution >= 0.6 is 11.6 Å². The Labute approximate surface area is 196 Å². The van der Waals surface area contributed by atoms with Gasteiger partial charge < -0.3 is 10.1 Å². The van der Waals surface area contributed by atoms with Gasteiger partial charge in [0.25, 0.3) is 23.4 Å². The summed E-state index contributed by atoms with van der Waals surface area (Å²) in [4.78, 5) is 60.6. The van der Waals surface area contributed by atoms with Crippen molar-refractivity contribution in [1.82, 2.24) is 0 Å². The van der Waals surface area contributed by atoms with Gasteiger partial charge in [-0.2, -0.15) is 0 Å². The summed E-state index contributed by atoms with van der Waals surface area (Å²) in [7, 11) is 0. The molecule has 0 fully saturated rings. The van der Waals surface area contributed by atoms with E-state index in [0.717, 1.165) is 11.0 Å². The summed E-state index contributed by atoms with van der Waals surface area (Å²) in [5.74, 6) is -2.43. The molecular weight excluding hydrogens is 466 g/mol. The summed E-state index contributed by atoms with van der Waals surface area (Å²) < 4.78 is 4.97. The van der Waals surface area contributed by atoms with Crippen molar-refractivity contribution in [3.8, 4) is 0 Å². The van der Waals surface area contributed by atoms with Crippen molar-refractivity contribution in [2.75, 3.05) is 16.8 Å². The van der Waals surface area contributed by atoms with Crippen molar-refractivity contribution in [1.29, 1.82) is 0 Å². The van der Waals surface area contributed by atoms with Crippen LogP contribution in [0.2, 0.25) is 5.02 Å². The average Bonchev–Trinajstić information content (AvgIpc) is 3.09. The van der Waals surface area contributed by atoms with Gasteiger partial charge in [0.05, 0.1) is 38.0 Å². The lowest BCUT2D eigenvalue weighted by Crippen LogP contribution is -2.29. The van der Waals surface area contributed by atoms with Crippen LogP contribution in [0.1, 0.15) is 31.1 Å². The third-order valence-corrected chi connectivity index (χ3v) is 5.24. The van der Waals surface area contributed by atoms with E-state index in [1.165, 1.54) is 36.4 Å². The molecule has 1 N–H and O–H groups in total. The first-order chi connectivity index (χ1) is 16.3. The van der Waals surface area contributed by atoms with Crippen LogP contribution in [0.5, 0.6) is 0 Å². The highest BCUT2D eigenvalue weighted by atomic mass is 35.5. The normalized spacial score (nSPS) is 12.3. The second kappa shape index (κ2) is 9.12. The van der Waals surface area contributed by atoms with Crippen molar-refractivity contribution >= 4 is 52.4 Å². The van der Waals surface area contributed by atoms with Crippen LogP contribution in [-0.4, -0.2) is 35.2 Å². The number of nitro benzene ring substituents is 1. The summed E-state index contributed by atoms with van der Waals surface area (Å²) in [6.07, 6.45) is 0. The predicted molar refractivity (Wildman–Crippen MR) is 121 cm³/mol. The Bertz CT molecular complexity index is 1320. The van der Waals surface area contributed by atoms with Crippen LogP contribution in [0.15, 0.2) is 66.7 Å². The number of nitrogens with one attached hydrogen (secondary N) is 1. The maximum Gasteiger partial charge on any atom is 0.338 e. The van der Waals surface area contributed by atoms with Crippen molar-refractivity contribution < 1.29 is 28.8 Å². The van der Waals surface area contributed by atoms with Crippen LogP contribution in [-0.2, 0) is 9.53 Å². The maximum absolute atomic E-state index is 12.6. The molecule has 0 radical (unpaired) electrons. The molecule has 0 atom stereocenters. The summed E-state index contributed by atoms with van der Waals surface area (Å²) in [6, 6.07) is 15.6. The van der Waals surface area contributed by atoms with E-state index in [9.17, 15) is 29.3 Å². The van der Waals surface area contributed by atoms with Crippen LogP contribution in [0.3, 0.4) is 0 Å². The molecule has 3 aromatic carbocycles. The standard InChI is InChI=1S/C23H14ClN3O7/c24-18-11-15(27(32)33)9-10-19(18)25-20(28)12-34-23(31)13-5-7-14(8-6-13)26-21(29)16-3-1-2-4-17(16)22(26)30/h1-11H,12H2,(H,25,28). The number of fused-ring (bicyclic) bond motifs is 1. The number of anilines is 2. The Balaban J connectivity index is 1.36. The number of ether oxygens (including phenoxy) is 1. The molecule has 170 valence electrons. The molecule has 0 saturated heterocycles. The Morgan fingerprint density at radius 3 is 2.15 bits per heavy atom. The van der Waals surface area contributed by atoms with E-state index in [0.29, 0.717) is 11.1 Å². The van der Waals surface area contributed by atoms with Crippen molar-refractivity contribution in [2.45, 2.75) is 0 Å². The maximum atomic E-state index is 12.6. The van der Waals surface area contributed by atoms with Gasteiger partial charge >= 0.3 is 5.97 Å². The van der Waals surface area contributed by atoms with Crippen LogP contribution < -0.4 is 10.2 Å². The molecule has 0 saturated carbocycles. The molecular formula is C23H14ClN3O7. The minimum atomic E-state index is -0.807. The second-order valence-electron chi connectivity index (χ2n) is 7.08. The number of esters is 1. The zero-order valence-electron chi connectivity index (χ0n) is 17.2. The number of rotatable bonds is 6. The number of imide groups is 1. The monoisotopic (exact) mass is 479 g/mol. The highest BCUT2D eigenvalue weighted by Crippen LogP contribution is 2.29. The number of non-ortho nitro benzene ring substituents is 1. The van der Waals surface area contributed by atoms with E-state index < -0.39 is 35.2 Å². The van der Waals surface area contributed by atoms with Crippen LogP contribution in [0.25, 0.3) is 0 Å². The second-order valence-corrected chi connectivity index (χ2v) is 7.49. The molecule has 1 heterocycles. The quantitative estimate of drug-likeness (QED) is 0.245. The third-order valence-electron chi connectivity index (χ3n) is 4.93. The first-order valence-corrected chi connectivity index (χ1v) is 10.1. The van der Waals surface area contributed by atoms with Gasteiger partial charge in [-0.15, -0.1) is 0 Å². The van der Waals surface area contributed by atoms with Crippen molar-refractivity contribution in [3.63, 3.8) is 0 Å². The van der Waals surface area contributed by atoms with Gasteiger partial charge in [-0.3, -0.25) is 24.5 Å². The molecule has 4 rings (SSSR count). The molecule has 10 nitrogen and oxygen atoms in total. The van der Waals surface area contributed by atoms with Gasteiger partial charge in [-0.05, 0) is 42.5 Å². The fourth-order valence-corrected chi connectivity index (χ4v) is 3.51. The first-order valence-electron chi connectivity index (χ1n) is 9.75. The highest BCUT2D eigenvalue weighted by molar-refractivity contribution is 6.34. The van der Waals surface area contributed by atoms with Crippen molar-refractivity contribution in [2.24, 2.45) is 0 Å². The first kappa shape index (κ1) is 22.6. The van der Waals surface area contributed by atoms with Crippen LogP contribution in [0, 0.1) is 10.1 Å². The number of nitrogens with zero attached hydrogens (tertiary/aromatic N) is 2. The van der Waals surface area contributed by atoms with Gasteiger partial charge in [-0.1, -0.05) is 23.7 Å². The van der Waals surface area contributed by atoms with Gasteiger partial charge in [0, 0.05) is 12.1 Å². The average molecular weight is 480 g/mol. The molecule has 1 aliphatic rings. The summed E-state index contributed by atoms with van der Waals surface area (Å²) in [5, 5.41) is 13.1. The molecule has 0 unspecified atom stereocenters. The number of hydrogen-bond acceptors (Lipinski definition) is 7. The van der Waals surface area contributed by atoms with Gasteiger partial charge in [0.2, 0.25) is 0 Å². The minimum Gasteiger partial charge on any atom is -0.452 e. The minimum absolute atomic E-state index is 0.0439. The van der Waals surface area contributed by atoms with Gasteiger partial charge in [0.15, 0.2) is 6.61 Å². The SMILES string of the molecule is O=C(COC(=O)c1ccc(N2C(=O)c3ccccc3C2=O)cc1)Nc1ccc([N+](=O)[O-])cc1Cl. The van der Waals surface area contributed by atoms with E-state index >= 15 is 0 Å². The lowest BCUT2D eigenvalue weighted by Gasteiger charge is -2.14. The topological polar surface area (TPSA) is 136 Å². The van der Waals surface area contributed by atoms with E-state index in [2.05, 4.69) is 5.32 Å². The van der Waals surface area contributed by atoms with E-state index in [-0.39, 0.29) is 27.6 Å². The molecule has 0 bridgehead atoms. The largest absolute Gasteiger partial charge is 0.452 e. The molecule has 0 spiro atoms. The Morgan fingerprint density at radius 1 is 0.971 bits per heavy atom. The van der Waals surface area contributed by atoms with E-state index in [4.69, 9.17) is 16.3 Å². The number of carbonyl (C=O) groups is 4. The zero-order valence-corrected chi connectivity index (χ0v) is 17.9. The fourth-order valence-electron chi connectivity index (χ4n) is 3.29. The molecule has 1 aliphatic heterocycles. The molecule has 34 heavy (non-hydrogen) atoms.